The topological polar surface area (TPSA) is 97.1 Å². The van der Waals surface area contributed by atoms with Gasteiger partial charge in [0.15, 0.2) is 0 Å². The van der Waals surface area contributed by atoms with Crippen molar-refractivity contribution >= 4 is 22.5 Å². The van der Waals surface area contributed by atoms with E-state index in [1.54, 1.807) is 24.5 Å². The molecule has 2 unspecified atom stereocenters. The maximum Gasteiger partial charge on any atom is 0.269 e. The molecule has 18 heavy (non-hydrogen) atoms. The van der Waals surface area contributed by atoms with Gasteiger partial charge in [0.25, 0.3) is 5.91 Å². The number of hydrazine groups is 1. The van der Waals surface area contributed by atoms with Crippen LogP contribution in [0.5, 0.6) is 0 Å². The maximum absolute atomic E-state index is 11.7. The minimum atomic E-state index is -0.868. The average molecular weight is 270 g/mol. The molecule has 0 bridgehead atoms. The summed E-state index contributed by atoms with van der Waals surface area (Å²) in [5.41, 5.74) is 2.68. The fourth-order valence-corrected chi connectivity index (χ4v) is 1.74. The van der Waals surface area contributed by atoms with Crippen molar-refractivity contribution in [3.05, 3.63) is 23.9 Å². The van der Waals surface area contributed by atoms with Crippen molar-refractivity contribution in [2.45, 2.75) is 18.6 Å². The van der Waals surface area contributed by atoms with Crippen molar-refractivity contribution in [3.8, 4) is 0 Å². The summed E-state index contributed by atoms with van der Waals surface area (Å²) in [5.74, 6) is 5.39. The first-order valence-corrected chi connectivity index (χ1v) is 7.21. The molecule has 0 spiro atoms. The molecule has 0 fully saturated rings. The van der Waals surface area contributed by atoms with Gasteiger partial charge in [-0.05, 0) is 18.6 Å². The standard InChI is InChI=1S/C11H18N4O2S/c1-8(18(2)17)6-7-13-11(16)9-4-3-5-10(14-9)15-12/h3-5,8H,6-7,12H2,1-2H3,(H,13,16)(H,14,15). The molecule has 0 saturated heterocycles. The van der Waals surface area contributed by atoms with E-state index in [0.717, 1.165) is 0 Å². The van der Waals surface area contributed by atoms with Crippen molar-refractivity contribution in [1.29, 1.82) is 0 Å². The van der Waals surface area contributed by atoms with Gasteiger partial charge >= 0.3 is 0 Å². The summed E-state index contributed by atoms with van der Waals surface area (Å²) in [4.78, 5) is 15.8. The third kappa shape index (κ3) is 4.42. The molecule has 6 nitrogen and oxygen atoms in total. The SMILES string of the molecule is CC(CCNC(=O)c1cccc(NN)n1)S(C)=O. The predicted octanol–water partition coefficient (Wildman–Crippen LogP) is 0.254. The first kappa shape index (κ1) is 14.6. The normalized spacial score (nSPS) is 13.7. The van der Waals surface area contributed by atoms with E-state index in [4.69, 9.17) is 5.84 Å². The van der Waals surface area contributed by atoms with Gasteiger partial charge in [0.2, 0.25) is 0 Å². The van der Waals surface area contributed by atoms with E-state index in [-0.39, 0.29) is 11.2 Å². The summed E-state index contributed by atoms with van der Waals surface area (Å²) in [6.07, 6.45) is 2.33. The minimum Gasteiger partial charge on any atom is -0.351 e. The Bertz CT molecular complexity index is 439. The molecule has 0 aromatic carbocycles. The Morgan fingerprint density at radius 2 is 2.28 bits per heavy atom. The van der Waals surface area contributed by atoms with Gasteiger partial charge in [0, 0.05) is 28.9 Å². The van der Waals surface area contributed by atoms with E-state index < -0.39 is 10.8 Å². The highest BCUT2D eigenvalue weighted by molar-refractivity contribution is 7.84. The zero-order valence-corrected chi connectivity index (χ0v) is 11.3. The van der Waals surface area contributed by atoms with Crippen LogP contribution >= 0.6 is 0 Å². The third-order valence-electron chi connectivity index (χ3n) is 2.53. The third-order valence-corrected chi connectivity index (χ3v) is 3.90. The quantitative estimate of drug-likeness (QED) is 0.509. The molecule has 0 radical (unpaired) electrons. The van der Waals surface area contributed by atoms with Crippen molar-refractivity contribution < 1.29 is 9.00 Å². The summed E-state index contributed by atoms with van der Waals surface area (Å²) in [6, 6.07) is 4.97. The minimum absolute atomic E-state index is 0.0651. The van der Waals surface area contributed by atoms with E-state index in [0.29, 0.717) is 24.5 Å². The number of pyridine rings is 1. The molecule has 2 atom stereocenters. The molecule has 1 heterocycles. The fourth-order valence-electron chi connectivity index (χ4n) is 1.29. The highest BCUT2D eigenvalue weighted by Crippen LogP contribution is 2.03. The van der Waals surface area contributed by atoms with E-state index in [1.807, 2.05) is 6.92 Å². The zero-order valence-electron chi connectivity index (χ0n) is 10.5. The molecule has 1 aromatic heterocycles. The molecule has 1 rings (SSSR count). The number of nitrogens with zero attached hydrogens (tertiary/aromatic N) is 1. The number of nitrogen functional groups attached to an aromatic ring is 1. The van der Waals surface area contributed by atoms with Gasteiger partial charge in [-0.15, -0.1) is 0 Å². The number of amides is 1. The van der Waals surface area contributed by atoms with Crippen molar-refractivity contribution in [2.24, 2.45) is 5.84 Å². The van der Waals surface area contributed by atoms with Crippen LogP contribution in [0.1, 0.15) is 23.8 Å². The number of rotatable bonds is 6. The van der Waals surface area contributed by atoms with Gasteiger partial charge in [-0.1, -0.05) is 13.0 Å². The smallest absolute Gasteiger partial charge is 0.269 e. The van der Waals surface area contributed by atoms with Crippen LogP contribution in [0.15, 0.2) is 18.2 Å². The Kier molecular flexibility index (Phi) is 5.73. The lowest BCUT2D eigenvalue weighted by Gasteiger charge is -2.09. The number of anilines is 1. The molecule has 0 aliphatic rings. The van der Waals surface area contributed by atoms with Crippen LogP contribution in [-0.4, -0.2) is 33.2 Å². The van der Waals surface area contributed by atoms with Gasteiger partial charge in [0.05, 0.1) is 0 Å². The van der Waals surface area contributed by atoms with Gasteiger partial charge in [-0.25, -0.2) is 10.8 Å². The first-order chi connectivity index (χ1) is 8.54. The van der Waals surface area contributed by atoms with Crippen LogP contribution < -0.4 is 16.6 Å². The van der Waals surface area contributed by atoms with Crippen LogP contribution in [0.3, 0.4) is 0 Å². The lowest BCUT2D eigenvalue weighted by atomic mass is 10.3. The number of hydrogen-bond acceptors (Lipinski definition) is 5. The second-order valence-electron chi connectivity index (χ2n) is 3.91. The lowest BCUT2D eigenvalue weighted by molar-refractivity contribution is 0.0948. The van der Waals surface area contributed by atoms with Gasteiger partial charge < -0.3 is 10.7 Å². The maximum atomic E-state index is 11.7. The molecule has 100 valence electrons. The van der Waals surface area contributed by atoms with Crippen molar-refractivity contribution in [1.82, 2.24) is 10.3 Å². The Balaban J connectivity index is 2.47. The largest absolute Gasteiger partial charge is 0.351 e. The van der Waals surface area contributed by atoms with Crippen LogP contribution in [0.2, 0.25) is 0 Å². The molecule has 0 aliphatic heterocycles. The number of nitrogens with one attached hydrogen (secondary N) is 2. The monoisotopic (exact) mass is 270 g/mol. The van der Waals surface area contributed by atoms with Crippen LogP contribution in [0.4, 0.5) is 5.82 Å². The second-order valence-corrected chi connectivity index (χ2v) is 5.71. The Morgan fingerprint density at radius 1 is 1.56 bits per heavy atom. The number of hydrogen-bond donors (Lipinski definition) is 3. The van der Waals surface area contributed by atoms with Crippen LogP contribution in [-0.2, 0) is 10.8 Å². The molecule has 4 N–H and O–H groups in total. The molecule has 0 saturated carbocycles. The van der Waals surface area contributed by atoms with Crippen molar-refractivity contribution in [2.75, 3.05) is 18.2 Å². The van der Waals surface area contributed by atoms with E-state index >= 15 is 0 Å². The van der Waals surface area contributed by atoms with Crippen molar-refractivity contribution in [3.63, 3.8) is 0 Å². The molecule has 0 aliphatic carbocycles. The first-order valence-electron chi connectivity index (χ1n) is 5.58. The van der Waals surface area contributed by atoms with E-state index in [1.165, 1.54) is 0 Å². The Morgan fingerprint density at radius 3 is 2.89 bits per heavy atom. The molecular formula is C11H18N4O2S. The van der Waals surface area contributed by atoms with E-state index in [2.05, 4.69) is 15.7 Å². The fraction of sp³-hybridized carbons (Fsp3) is 0.455. The van der Waals surface area contributed by atoms with Gasteiger partial charge in [-0.3, -0.25) is 9.00 Å². The Labute approximate surface area is 109 Å². The summed E-state index contributed by atoms with van der Waals surface area (Å²) >= 11 is 0. The summed E-state index contributed by atoms with van der Waals surface area (Å²) in [5, 5.41) is 2.80. The molecular weight excluding hydrogens is 252 g/mol. The average Bonchev–Trinajstić information content (AvgIpc) is 2.38. The number of aromatic nitrogens is 1. The highest BCUT2D eigenvalue weighted by Gasteiger charge is 2.09. The zero-order chi connectivity index (χ0) is 13.5. The predicted molar refractivity (Wildman–Crippen MR) is 72.5 cm³/mol. The highest BCUT2D eigenvalue weighted by atomic mass is 32.2. The summed E-state index contributed by atoms with van der Waals surface area (Å²) in [7, 11) is -0.868. The van der Waals surface area contributed by atoms with Gasteiger partial charge in [-0.2, -0.15) is 0 Å². The van der Waals surface area contributed by atoms with Gasteiger partial charge in [0.1, 0.15) is 11.5 Å². The number of carbonyl (C=O) groups is 1. The molecule has 1 aromatic rings. The summed E-state index contributed by atoms with van der Waals surface area (Å²) in [6.45, 7) is 2.36. The number of carbonyl (C=O) groups excluding carboxylic acids is 1. The van der Waals surface area contributed by atoms with E-state index in [9.17, 15) is 9.00 Å². The summed E-state index contributed by atoms with van der Waals surface area (Å²) < 4.78 is 11.1. The van der Waals surface area contributed by atoms with Crippen LogP contribution in [0, 0.1) is 0 Å². The van der Waals surface area contributed by atoms with Crippen LogP contribution in [0.25, 0.3) is 0 Å². The molecule has 7 heteroatoms. The number of nitrogens with two attached hydrogens (primary N) is 1. The second kappa shape index (κ2) is 7.07. The molecule has 1 amide bonds. The lowest BCUT2D eigenvalue weighted by Crippen LogP contribution is -2.28. The Hall–Kier alpha value is -1.47.